The summed E-state index contributed by atoms with van der Waals surface area (Å²) in [7, 11) is 3.20. The van der Waals surface area contributed by atoms with Crippen LogP contribution in [0.4, 0.5) is 0 Å². The molecule has 84 valence electrons. The van der Waals surface area contributed by atoms with Crippen LogP contribution in [-0.4, -0.2) is 26.7 Å². The summed E-state index contributed by atoms with van der Waals surface area (Å²) < 4.78 is 5.41. The van der Waals surface area contributed by atoms with Crippen LogP contribution in [0, 0.1) is 11.8 Å². The molecule has 0 saturated heterocycles. The van der Waals surface area contributed by atoms with Crippen molar-refractivity contribution in [2.75, 3.05) is 20.7 Å². The van der Waals surface area contributed by atoms with Crippen molar-refractivity contribution in [1.29, 1.82) is 0 Å². The Bertz CT molecular complexity index is 446. The maximum atomic E-state index is 11.2. The number of carbonyl (C=O) groups excluding carboxylic acids is 1. The summed E-state index contributed by atoms with van der Waals surface area (Å²) >= 11 is 3.37. The van der Waals surface area contributed by atoms with Gasteiger partial charge in [0.25, 0.3) is 0 Å². The summed E-state index contributed by atoms with van der Waals surface area (Å²) in [5, 5.41) is 2.93. The highest BCUT2D eigenvalue weighted by Crippen LogP contribution is 2.18. The van der Waals surface area contributed by atoms with Gasteiger partial charge in [-0.05, 0) is 41.2 Å². The van der Waals surface area contributed by atoms with E-state index in [4.69, 9.17) is 0 Å². The molecular formula is C12H12BrNO2. The van der Waals surface area contributed by atoms with Gasteiger partial charge in [0.15, 0.2) is 0 Å². The molecule has 0 aromatic heterocycles. The van der Waals surface area contributed by atoms with Crippen molar-refractivity contribution in [3.05, 3.63) is 33.8 Å². The Labute approximate surface area is 103 Å². The smallest absolute Gasteiger partial charge is 0.337 e. The van der Waals surface area contributed by atoms with Crippen LogP contribution in [0.1, 0.15) is 15.9 Å². The Kier molecular flexibility index (Phi) is 5.03. The van der Waals surface area contributed by atoms with Crippen LogP contribution in [0.3, 0.4) is 0 Å². The first kappa shape index (κ1) is 12.8. The van der Waals surface area contributed by atoms with Gasteiger partial charge in [0.1, 0.15) is 0 Å². The van der Waals surface area contributed by atoms with Gasteiger partial charge in [0, 0.05) is 10.0 Å². The van der Waals surface area contributed by atoms with Gasteiger partial charge in [-0.3, -0.25) is 0 Å². The van der Waals surface area contributed by atoms with Gasteiger partial charge in [-0.15, -0.1) is 0 Å². The molecule has 4 heteroatoms. The Balaban J connectivity index is 2.93. The van der Waals surface area contributed by atoms with E-state index in [-0.39, 0.29) is 5.97 Å². The molecule has 16 heavy (non-hydrogen) atoms. The second-order valence-corrected chi connectivity index (χ2v) is 3.87. The van der Waals surface area contributed by atoms with Crippen LogP contribution in [0.15, 0.2) is 22.7 Å². The standard InChI is InChI=1S/C12H12BrNO2/c1-14-7-3-4-9-5-6-10(8-11(9)13)12(15)16-2/h5-6,8,14H,7H2,1-2H3. The molecule has 1 aromatic rings. The third kappa shape index (κ3) is 3.37. The van der Waals surface area contributed by atoms with E-state index in [0.717, 1.165) is 10.0 Å². The largest absolute Gasteiger partial charge is 0.465 e. The molecule has 0 aliphatic rings. The van der Waals surface area contributed by atoms with E-state index in [1.54, 1.807) is 18.2 Å². The van der Waals surface area contributed by atoms with E-state index >= 15 is 0 Å². The number of hydrogen-bond donors (Lipinski definition) is 1. The number of ether oxygens (including phenoxy) is 1. The molecule has 0 amide bonds. The van der Waals surface area contributed by atoms with E-state index < -0.39 is 0 Å². The first-order valence-corrected chi connectivity index (χ1v) is 5.49. The Morgan fingerprint density at radius 1 is 1.56 bits per heavy atom. The van der Waals surface area contributed by atoms with E-state index in [1.165, 1.54) is 7.11 Å². The normalized spacial score (nSPS) is 9.19. The fourth-order valence-electron chi connectivity index (χ4n) is 1.09. The number of carbonyl (C=O) groups is 1. The zero-order valence-corrected chi connectivity index (χ0v) is 10.7. The van der Waals surface area contributed by atoms with E-state index in [1.807, 2.05) is 7.05 Å². The fourth-order valence-corrected chi connectivity index (χ4v) is 1.57. The molecule has 0 aliphatic heterocycles. The van der Waals surface area contributed by atoms with Crippen molar-refractivity contribution in [2.45, 2.75) is 0 Å². The van der Waals surface area contributed by atoms with Gasteiger partial charge >= 0.3 is 5.97 Å². The second-order valence-electron chi connectivity index (χ2n) is 3.02. The fraction of sp³-hybridized carbons (Fsp3) is 0.250. The number of halogens is 1. The average Bonchev–Trinajstić information content (AvgIpc) is 2.30. The molecule has 0 saturated carbocycles. The molecule has 0 heterocycles. The maximum absolute atomic E-state index is 11.2. The average molecular weight is 282 g/mol. The number of benzene rings is 1. The zero-order chi connectivity index (χ0) is 12.0. The van der Waals surface area contributed by atoms with Gasteiger partial charge in [0.2, 0.25) is 0 Å². The third-order valence-electron chi connectivity index (χ3n) is 1.88. The number of hydrogen-bond acceptors (Lipinski definition) is 3. The van der Waals surface area contributed by atoms with Crippen LogP contribution in [-0.2, 0) is 4.74 Å². The lowest BCUT2D eigenvalue weighted by atomic mass is 10.1. The van der Waals surface area contributed by atoms with E-state index in [2.05, 4.69) is 37.8 Å². The second kappa shape index (κ2) is 6.31. The highest BCUT2D eigenvalue weighted by molar-refractivity contribution is 9.10. The summed E-state index contributed by atoms with van der Waals surface area (Å²) in [5.41, 5.74) is 1.36. The van der Waals surface area contributed by atoms with Gasteiger partial charge < -0.3 is 10.1 Å². The van der Waals surface area contributed by atoms with Crippen molar-refractivity contribution in [3.63, 3.8) is 0 Å². The SMILES string of the molecule is CNCC#Cc1ccc(C(=O)OC)cc1Br. The van der Waals surface area contributed by atoms with E-state index in [0.29, 0.717) is 12.1 Å². The molecule has 0 unspecified atom stereocenters. The van der Waals surface area contributed by atoms with Crippen LogP contribution < -0.4 is 5.32 Å². The molecule has 0 aliphatic carbocycles. The Morgan fingerprint density at radius 3 is 2.88 bits per heavy atom. The molecule has 0 spiro atoms. The first-order valence-electron chi connectivity index (χ1n) is 4.70. The molecular weight excluding hydrogens is 270 g/mol. The first-order chi connectivity index (χ1) is 7.69. The predicted octanol–water partition coefficient (Wildman–Crippen LogP) is 1.81. The predicted molar refractivity (Wildman–Crippen MR) is 66.3 cm³/mol. The van der Waals surface area contributed by atoms with Crippen molar-refractivity contribution < 1.29 is 9.53 Å². The van der Waals surface area contributed by atoms with Crippen LogP contribution >= 0.6 is 15.9 Å². The topological polar surface area (TPSA) is 38.3 Å². The molecule has 1 aromatic carbocycles. The van der Waals surface area contributed by atoms with Crippen molar-refractivity contribution in [1.82, 2.24) is 5.32 Å². The maximum Gasteiger partial charge on any atom is 0.337 e. The molecule has 0 fully saturated rings. The van der Waals surface area contributed by atoms with Gasteiger partial charge in [-0.2, -0.15) is 0 Å². The molecule has 1 N–H and O–H groups in total. The molecule has 1 rings (SSSR count). The minimum atomic E-state index is -0.351. The molecule has 3 nitrogen and oxygen atoms in total. The lowest BCUT2D eigenvalue weighted by Crippen LogP contribution is -2.04. The summed E-state index contributed by atoms with van der Waals surface area (Å²) in [4.78, 5) is 11.2. The third-order valence-corrected chi connectivity index (χ3v) is 2.53. The molecule has 0 radical (unpaired) electrons. The number of methoxy groups -OCH3 is 1. The van der Waals surface area contributed by atoms with E-state index in [9.17, 15) is 4.79 Å². The highest BCUT2D eigenvalue weighted by atomic mass is 79.9. The number of rotatable bonds is 2. The summed E-state index contributed by atoms with van der Waals surface area (Å²) in [5.74, 6) is 5.58. The summed E-state index contributed by atoms with van der Waals surface area (Å²) in [6, 6.07) is 5.19. The van der Waals surface area contributed by atoms with Crippen LogP contribution in [0.2, 0.25) is 0 Å². The van der Waals surface area contributed by atoms with Gasteiger partial charge in [-0.25, -0.2) is 4.79 Å². The van der Waals surface area contributed by atoms with Crippen molar-refractivity contribution >= 4 is 21.9 Å². The summed E-state index contributed by atoms with van der Waals surface area (Å²) in [6.07, 6.45) is 0. The highest BCUT2D eigenvalue weighted by Gasteiger charge is 2.06. The minimum Gasteiger partial charge on any atom is -0.465 e. The number of esters is 1. The zero-order valence-electron chi connectivity index (χ0n) is 9.13. The molecule has 0 atom stereocenters. The Hall–Kier alpha value is -1.31. The quantitative estimate of drug-likeness (QED) is 0.664. The van der Waals surface area contributed by atoms with Crippen molar-refractivity contribution in [2.24, 2.45) is 0 Å². The van der Waals surface area contributed by atoms with Crippen LogP contribution in [0.25, 0.3) is 0 Å². The monoisotopic (exact) mass is 281 g/mol. The Morgan fingerprint density at radius 2 is 2.31 bits per heavy atom. The number of nitrogens with one attached hydrogen (secondary N) is 1. The minimum absolute atomic E-state index is 0.351. The van der Waals surface area contributed by atoms with Gasteiger partial charge in [0.05, 0.1) is 19.2 Å². The van der Waals surface area contributed by atoms with Crippen LogP contribution in [0.5, 0.6) is 0 Å². The summed E-state index contributed by atoms with van der Waals surface area (Å²) in [6.45, 7) is 0.630. The lowest BCUT2D eigenvalue weighted by molar-refractivity contribution is 0.0600. The lowest BCUT2D eigenvalue weighted by Gasteiger charge is -2.01. The van der Waals surface area contributed by atoms with Crippen molar-refractivity contribution in [3.8, 4) is 11.8 Å². The van der Waals surface area contributed by atoms with Gasteiger partial charge in [-0.1, -0.05) is 11.8 Å². The molecule has 0 bridgehead atoms.